The number of thiophene rings is 1. The van der Waals surface area contributed by atoms with Gasteiger partial charge in [-0.3, -0.25) is 4.90 Å². The lowest BCUT2D eigenvalue weighted by Gasteiger charge is -2.37. The Morgan fingerprint density at radius 2 is 1.88 bits per heavy atom. The van der Waals surface area contributed by atoms with Crippen LogP contribution in [0.25, 0.3) is 0 Å². The first kappa shape index (κ1) is 19.3. The number of nitrogens with zero attached hydrogens (tertiary/aromatic N) is 2. The molecule has 26 heavy (non-hydrogen) atoms. The molecule has 1 aliphatic heterocycles. The van der Waals surface area contributed by atoms with Gasteiger partial charge in [0.25, 0.3) is 0 Å². The summed E-state index contributed by atoms with van der Waals surface area (Å²) in [5.41, 5.74) is 2.37. The summed E-state index contributed by atoms with van der Waals surface area (Å²) >= 11 is 7.35. The molecule has 0 aliphatic carbocycles. The van der Waals surface area contributed by atoms with Crippen molar-refractivity contribution in [2.24, 2.45) is 0 Å². The average Bonchev–Trinajstić information content (AvgIpc) is 3.18. The lowest BCUT2D eigenvalue weighted by molar-refractivity contribution is 0.114. The first-order chi connectivity index (χ1) is 12.7. The largest absolute Gasteiger partial charge is 0.360 e. The van der Waals surface area contributed by atoms with Crippen LogP contribution in [-0.4, -0.2) is 54.7 Å². The Labute approximate surface area is 166 Å². The summed E-state index contributed by atoms with van der Waals surface area (Å²) in [6, 6.07) is 13.2. The Bertz CT molecular complexity index is 676. The van der Waals surface area contributed by atoms with Gasteiger partial charge in [-0.25, -0.2) is 0 Å². The van der Waals surface area contributed by atoms with Gasteiger partial charge in [0.1, 0.15) is 0 Å². The van der Waals surface area contributed by atoms with Gasteiger partial charge < -0.3 is 15.5 Å². The quantitative estimate of drug-likeness (QED) is 0.739. The van der Waals surface area contributed by atoms with E-state index in [2.05, 4.69) is 76.2 Å². The van der Waals surface area contributed by atoms with Crippen LogP contribution in [-0.2, 0) is 6.42 Å². The molecule has 140 valence electrons. The summed E-state index contributed by atoms with van der Waals surface area (Å²) in [4.78, 5) is 6.36. The molecule has 1 aromatic carbocycles. The molecule has 1 aromatic heterocycles. The van der Waals surface area contributed by atoms with Crippen LogP contribution in [0.1, 0.15) is 23.4 Å². The van der Waals surface area contributed by atoms with Crippen molar-refractivity contribution >= 4 is 34.4 Å². The molecule has 4 nitrogen and oxygen atoms in total. The number of nitrogens with one attached hydrogen (secondary N) is 2. The van der Waals surface area contributed by atoms with E-state index in [1.54, 1.807) is 0 Å². The molecular formula is C20H28N4S2. The molecule has 2 N–H and O–H groups in total. The maximum atomic E-state index is 5.52. The third-order valence-corrected chi connectivity index (χ3v) is 6.15. The Morgan fingerprint density at radius 3 is 2.50 bits per heavy atom. The van der Waals surface area contributed by atoms with Crippen LogP contribution >= 0.6 is 23.6 Å². The molecule has 0 saturated carbocycles. The maximum absolute atomic E-state index is 5.52. The fourth-order valence-corrected chi connectivity index (χ4v) is 4.27. The minimum absolute atomic E-state index is 0.367. The molecular weight excluding hydrogens is 360 g/mol. The van der Waals surface area contributed by atoms with Gasteiger partial charge in [0.2, 0.25) is 0 Å². The lowest BCUT2D eigenvalue weighted by Crippen LogP contribution is -2.48. The molecule has 0 unspecified atom stereocenters. The average molecular weight is 389 g/mol. The molecule has 0 spiro atoms. The van der Waals surface area contributed by atoms with Crippen LogP contribution < -0.4 is 10.6 Å². The standard InChI is InChI=1S/C20H28N4S2/c1-3-16-6-8-17(9-7-16)22-20(25)21-15-18(19-5-4-14-26-19)24-12-10-23(2)11-13-24/h4-9,14,18H,3,10-13,15H2,1-2H3,(H2,21,22,25)/t18-/m0/s1. The predicted molar refractivity (Wildman–Crippen MR) is 116 cm³/mol. The Hall–Kier alpha value is -1.47. The number of anilines is 1. The number of thiocarbonyl (C=S) groups is 1. The van der Waals surface area contributed by atoms with E-state index in [0.29, 0.717) is 11.2 Å². The van der Waals surface area contributed by atoms with E-state index in [1.807, 2.05) is 11.3 Å². The number of hydrogen-bond donors (Lipinski definition) is 2. The van der Waals surface area contributed by atoms with E-state index in [1.165, 1.54) is 10.4 Å². The summed E-state index contributed by atoms with van der Waals surface area (Å²) in [7, 11) is 2.19. The molecule has 0 amide bonds. The van der Waals surface area contributed by atoms with Gasteiger partial charge in [0.05, 0.1) is 6.04 Å². The highest BCUT2D eigenvalue weighted by Crippen LogP contribution is 2.25. The zero-order valence-electron chi connectivity index (χ0n) is 15.6. The van der Waals surface area contributed by atoms with Gasteiger partial charge >= 0.3 is 0 Å². The Morgan fingerprint density at radius 1 is 1.15 bits per heavy atom. The van der Waals surface area contributed by atoms with Crippen LogP contribution in [0.2, 0.25) is 0 Å². The molecule has 3 rings (SSSR count). The SMILES string of the molecule is CCc1ccc(NC(=S)NC[C@@H](c2cccs2)N2CCN(C)CC2)cc1. The molecule has 1 fully saturated rings. The minimum atomic E-state index is 0.367. The van der Waals surface area contributed by atoms with E-state index in [0.717, 1.165) is 44.8 Å². The summed E-state index contributed by atoms with van der Waals surface area (Å²) in [5, 5.41) is 9.57. The first-order valence-corrected chi connectivity index (χ1v) is 10.5. The second-order valence-corrected chi connectivity index (χ2v) is 8.14. The fourth-order valence-electron chi connectivity index (χ4n) is 3.21. The number of benzene rings is 1. The van der Waals surface area contributed by atoms with E-state index in [4.69, 9.17) is 12.2 Å². The maximum Gasteiger partial charge on any atom is 0.170 e. The number of likely N-dealkylation sites (N-methyl/N-ethyl adjacent to an activating group) is 1. The van der Waals surface area contributed by atoms with Crippen LogP contribution in [0, 0.1) is 0 Å². The van der Waals surface area contributed by atoms with E-state index >= 15 is 0 Å². The van der Waals surface area contributed by atoms with Gasteiger partial charge in [-0.15, -0.1) is 11.3 Å². The molecule has 1 aliphatic rings. The van der Waals surface area contributed by atoms with Gasteiger partial charge in [0.15, 0.2) is 5.11 Å². The molecule has 2 heterocycles. The highest BCUT2D eigenvalue weighted by Gasteiger charge is 2.24. The normalized spacial score (nSPS) is 17.0. The third-order valence-electron chi connectivity index (χ3n) is 4.93. The van der Waals surface area contributed by atoms with Crippen LogP contribution in [0.5, 0.6) is 0 Å². The molecule has 6 heteroatoms. The Balaban J connectivity index is 1.57. The van der Waals surface area contributed by atoms with Gasteiger partial charge in [-0.1, -0.05) is 25.1 Å². The van der Waals surface area contributed by atoms with Crippen molar-refractivity contribution in [3.05, 3.63) is 52.2 Å². The summed E-state index contributed by atoms with van der Waals surface area (Å²) < 4.78 is 0. The van der Waals surface area contributed by atoms with Crippen molar-refractivity contribution < 1.29 is 0 Å². The second kappa shape index (κ2) is 9.46. The fraction of sp³-hybridized carbons (Fsp3) is 0.450. The highest BCUT2D eigenvalue weighted by molar-refractivity contribution is 7.80. The second-order valence-electron chi connectivity index (χ2n) is 6.76. The van der Waals surface area contributed by atoms with E-state index in [-0.39, 0.29) is 0 Å². The number of rotatable bonds is 6. The van der Waals surface area contributed by atoms with E-state index in [9.17, 15) is 0 Å². The zero-order valence-corrected chi connectivity index (χ0v) is 17.2. The number of aryl methyl sites for hydroxylation is 1. The van der Waals surface area contributed by atoms with Crippen LogP contribution in [0.4, 0.5) is 5.69 Å². The number of piperazine rings is 1. The highest BCUT2D eigenvalue weighted by atomic mass is 32.1. The summed E-state index contributed by atoms with van der Waals surface area (Å²) in [6.07, 6.45) is 1.05. The lowest BCUT2D eigenvalue weighted by atomic mass is 10.1. The Kier molecular flexibility index (Phi) is 7.02. The molecule has 2 aromatic rings. The van der Waals surface area contributed by atoms with Gasteiger partial charge in [0, 0.05) is 43.3 Å². The van der Waals surface area contributed by atoms with Gasteiger partial charge in [-0.05, 0) is 54.8 Å². The topological polar surface area (TPSA) is 30.5 Å². The van der Waals surface area contributed by atoms with Crippen molar-refractivity contribution in [3.8, 4) is 0 Å². The number of hydrogen-bond acceptors (Lipinski definition) is 4. The van der Waals surface area contributed by atoms with Crippen molar-refractivity contribution in [2.75, 3.05) is 45.1 Å². The molecule has 1 saturated heterocycles. The molecule has 0 bridgehead atoms. The zero-order chi connectivity index (χ0) is 18.4. The monoisotopic (exact) mass is 388 g/mol. The summed E-state index contributed by atoms with van der Waals surface area (Å²) in [5.74, 6) is 0. The molecule has 1 atom stereocenters. The van der Waals surface area contributed by atoms with Gasteiger partial charge in [-0.2, -0.15) is 0 Å². The van der Waals surface area contributed by atoms with Crippen molar-refractivity contribution in [3.63, 3.8) is 0 Å². The van der Waals surface area contributed by atoms with Crippen molar-refractivity contribution in [1.82, 2.24) is 15.1 Å². The minimum Gasteiger partial charge on any atom is -0.360 e. The smallest absolute Gasteiger partial charge is 0.170 e. The van der Waals surface area contributed by atoms with Crippen LogP contribution in [0.15, 0.2) is 41.8 Å². The van der Waals surface area contributed by atoms with E-state index < -0.39 is 0 Å². The predicted octanol–water partition coefficient (Wildman–Crippen LogP) is 3.59. The first-order valence-electron chi connectivity index (χ1n) is 9.25. The van der Waals surface area contributed by atoms with Crippen molar-refractivity contribution in [2.45, 2.75) is 19.4 Å². The van der Waals surface area contributed by atoms with Crippen molar-refractivity contribution in [1.29, 1.82) is 0 Å². The van der Waals surface area contributed by atoms with Crippen LogP contribution in [0.3, 0.4) is 0 Å². The molecule has 0 radical (unpaired) electrons. The summed E-state index contributed by atoms with van der Waals surface area (Å²) in [6.45, 7) is 7.42. The third kappa shape index (κ3) is 5.27.